The number of rotatable bonds is 3. The van der Waals surface area contributed by atoms with Gasteiger partial charge in [0, 0.05) is 18.1 Å². The molecule has 0 fully saturated rings. The standard InChI is InChI=1S/C18H16N2O4/c1-20-14-10-12(19)8-9-13(14)15(16(23-2)17(20)21)24-18(22)11-6-4-3-5-7-11/h3-10H,19H2,1-2H3. The lowest BCUT2D eigenvalue weighted by Crippen LogP contribution is -2.21. The number of ether oxygens (including phenoxy) is 2. The van der Waals surface area contributed by atoms with Crippen LogP contribution >= 0.6 is 0 Å². The molecule has 0 unspecified atom stereocenters. The molecular weight excluding hydrogens is 308 g/mol. The summed E-state index contributed by atoms with van der Waals surface area (Å²) in [6.45, 7) is 0. The number of benzene rings is 2. The van der Waals surface area contributed by atoms with Gasteiger partial charge in [-0.1, -0.05) is 18.2 Å². The molecule has 6 heteroatoms. The molecule has 0 saturated carbocycles. The molecular formula is C18H16N2O4. The number of carbonyl (C=O) groups excluding carboxylic acids is 1. The van der Waals surface area contributed by atoms with Gasteiger partial charge in [-0.25, -0.2) is 4.79 Å². The van der Waals surface area contributed by atoms with Crippen molar-refractivity contribution >= 4 is 22.6 Å². The highest BCUT2D eigenvalue weighted by atomic mass is 16.6. The van der Waals surface area contributed by atoms with Crippen molar-refractivity contribution < 1.29 is 14.3 Å². The van der Waals surface area contributed by atoms with Crippen LogP contribution in [0.5, 0.6) is 11.5 Å². The average Bonchev–Trinajstić information content (AvgIpc) is 2.60. The molecule has 1 heterocycles. The fourth-order valence-electron chi connectivity index (χ4n) is 2.51. The van der Waals surface area contributed by atoms with E-state index in [9.17, 15) is 9.59 Å². The maximum atomic E-state index is 12.5. The number of aryl methyl sites for hydroxylation is 1. The summed E-state index contributed by atoms with van der Waals surface area (Å²) in [5.41, 5.74) is 6.82. The molecule has 0 aliphatic carbocycles. The van der Waals surface area contributed by atoms with Gasteiger partial charge in [-0.15, -0.1) is 0 Å². The average molecular weight is 324 g/mol. The maximum absolute atomic E-state index is 12.5. The van der Waals surface area contributed by atoms with E-state index < -0.39 is 11.5 Å². The number of pyridine rings is 1. The van der Waals surface area contributed by atoms with Crippen molar-refractivity contribution in [2.45, 2.75) is 0 Å². The summed E-state index contributed by atoms with van der Waals surface area (Å²) in [7, 11) is 2.97. The van der Waals surface area contributed by atoms with E-state index in [1.54, 1.807) is 55.6 Å². The zero-order chi connectivity index (χ0) is 17.3. The van der Waals surface area contributed by atoms with Crippen LogP contribution in [-0.4, -0.2) is 17.6 Å². The fourth-order valence-corrected chi connectivity index (χ4v) is 2.51. The molecule has 122 valence electrons. The van der Waals surface area contributed by atoms with Crippen molar-refractivity contribution in [2.24, 2.45) is 7.05 Å². The fraction of sp³-hybridized carbons (Fsp3) is 0.111. The largest absolute Gasteiger partial charge is 0.488 e. The zero-order valence-corrected chi connectivity index (χ0v) is 13.3. The first-order valence-corrected chi connectivity index (χ1v) is 7.26. The number of hydrogen-bond donors (Lipinski definition) is 1. The Morgan fingerprint density at radius 1 is 1.08 bits per heavy atom. The maximum Gasteiger partial charge on any atom is 0.343 e. The molecule has 24 heavy (non-hydrogen) atoms. The Balaban J connectivity index is 2.21. The Morgan fingerprint density at radius 3 is 2.46 bits per heavy atom. The molecule has 0 aliphatic rings. The third-order valence-electron chi connectivity index (χ3n) is 3.74. The van der Waals surface area contributed by atoms with E-state index in [-0.39, 0.29) is 11.5 Å². The highest BCUT2D eigenvalue weighted by molar-refractivity contribution is 5.96. The number of methoxy groups -OCH3 is 1. The van der Waals surface area contributed by atoms with Crippen molar-refractivity contribution in [1.29, 1.82) is 0 Å². The molecule has 0 aliphatic heterocycles. The van der Waals surface area contributed by atoms with Gasteiger partial charge in [0.2, 0.25) is 5.75 Å². The predicted octanol–water partition coefficient (Wildman–Crippen LogP) is 2.35. The first-order valence-electron chi connectivity index (χ1n) is 7.26. The molecule has 0 saturated heterocycles. The van der Waals surface area contributed by atoms with Crippen LogP contribution in [-0.2, 0) is 7.05 Å². The highest BCUT2D eigenvalue weighted by Gasteiger charge is 2.20. The topological polar surface area (TPSA) is 83.5 Å². The summed E-state index contributed by atoms with van der Waals surface area (Å²) in [4.78, 5) is 24.8. The van der Waals surface area contributed by atoms with Crippen molar-refractivity contribution in [2.75, 3.05) is 12.8 Å². The van der Waals surface area contributed by atoms with Crippen LogP contribution in [0.15, 0.2) is 53.3 Å². The minimum Gasteiger partial charge on any atom is -0.488 e. The summed E-state index contributed by atoms with van der Waals surface area (Å²) < 4.78 is 12.1. The number of aromatic nitrogens is 1. The molecule has 0 spiro atoms. The Morgan fingerprint density at radius 2 is 1.79 bits per heavy atom. The van der Waals surface area contributed by atoms with E-state index in [0.717, 1.165) is 0 Å². The number of esters is 1. The van der Waals surface area contributed by atoms with Gasteiger partial charge in [-0.05, 0) is 30.3 Å². The van der Waals surface area contributed by atoms with Crippen molar-refractivity contribution in [1.82, 2.24) is 4.57 Å². The molecule has 2 aromatic carbocycles. The van der Waals surface area contributed by atoms with Gasteiger partial charge < -0.3 is 19.8 Å². The lowest BCUT2D eigenvalue weighted by molar-refractivity contribution is 0.0731. The van der Waals surface area contributed by atoms with Crippen LogP contribution < -0.4 is 20.8 Å². The van der Waals surface area contributed by atoms with Crippen LogP contribution in [0.25, 0.3) is 10.9 Å². The molecule has 0 amide bonds. The molecule has 0 atom stereocenters. The number of nitrogens with two attached hydrogens (primary N) is 1. The number of nitrogen functional groups attached to an aromatic ring is 1. The van der Waals surface area contributed by atoms with Crippen LogP contribution in [0.4, 0.5) is 5.69 Å². The molecule has 1 aromatic heterocycles. The first-order chi connectivity index (χ1) is 11.5. The van der Waals surface area contributed by atoms with Gasteiger partial charge in [-0.3, -0.25) is 4.79 Å². The van der Waals surface area contributed by atoms with Crippen LogP contribution in [0.1, 0.15) is 10.4 Å². The molecule has 3 rings (SSSR count). The second kappa shape index (κ2) is 6.08. The summed E-state index contributed by atoms with van der Waals surface area (Å²) in [5, 5.41) is 0.562. The van der Waals surface area contributed by atoms with Gasteiger partial charge in [0.15, 0.2) is 5.75 Å². The molecule has 0 bridgehead atoms. The minimum atomic E-state index is -0.569. The van der Waals surface area contributed by atoms with Crippen LogP contribution in [0.2, 0.25) is 0 Å². The number of nitrogens with zero attached hydrogens (tertiary/aromatic N) is 1. The van der Waals surface area contributed by atoms with Gasteiger partial charge in [0.1, 0.15) is 0 Å². The summed E-state index contributed by atoms with van der Waals surface area (Å²) in [6, 6.07) is 13.6. The van der Waals surface area contributed by atoms with E-state index in [0.29, 0.717) is 22.2 Å². The van der Waals surface area contributed by atoms with E-state index in [1.807, 2.05) is 0 Å². The third kappa shape index (κ3) is 2.58. The quantitative estimate of drug-likeness (QED) is 0.590. The normalized spacial score (nSPS) is 10.6. The lowest BCUT2D eigenvalue weighted by Gasteiger charge is -2.15. The SMILES string of the molecule is COc1c(OC(=O)c2ccccc2)c2ccc(N)cc2n(C)c1=O. The number of hydrogen-bond acceptors (Lipinski definition) is 5. The molecule has 3 aromatic rings. The smallest absolute Gasteiger partial charge is 0.343 e. The van der Waals surface area contributed by atoms with Crippen molar-refractivity contribution in [3.05, 3.63) is 64.4 Å². The molecule has 6 nitrogen and oxygen atoms in total. The predicted molar refractivity (Wildman–Crippen MR) is 91.6 cm³/mol. The molecule has 0 radical (unpaired) electrons. The first kappa shape index (κ1) is 15.6. The summed E-state index contributed by atoms with van der Waals surface area (Å²) >= 11 is 0. The number of fused-ring (bicyclic) bond motifs is 1. The number of anilines is 1. The van der Waals surface area contributed by atoms with Crippen LogP contribution in [0.3, 0.4) is 0 Å². The van der Waals surface area contributed by atoms with Gasteiger partial charge in [0.05, 0.1) is 18.2 Å². The summed E-state index contributed by atoms with van der Waals surface area (Å²) in [5.74, 6) is -0.510. The second-order valence-electron chi connectivity index (χ2n) is 5.26. The van der Waals surface area contributed by atoms with Gasteiger partial charge in [0.25, 0.3) is 5.56 Å². The van der Waals surface area contributed by atoms with Gasteiger partial charge >= 0.3 is 5.97 Å². The Labute approximate surface area is 138 Å². The second-order valence-corrected chi connectivity index (χ2v) is 5.26. The van der Waals surface area contributed by atoms with E-state index in [4.69, 9.17) is 15.2 Å². The lowest BCUT2D eigenvalue weighted by atomic mass is 10.1. The van der Waals surface area contributed by atoms with E-state index >= 15 is 0 Å². The van der Waals surface area contributed by atoms with Gasteiger partial charge in [-0.2, -0.15) is 0 Å². The zero-order valence-electron chi connectivity index (χ0n) is 13.3. The van der Waals surface area contributed by atoms with Crippen LogP contribution in [0, 0.1) is 0 Å². The Hall–Kier alpha value is -3.28. The number of carbonyl (C=O) groups is 1. The summed E-state index contributed by atoms with van der Waals surface area (Å²) in [6.07, 6.45) is 0. The third-order valence-corrected chi connectivity index (χ3v) is 3.74. The highest BCUT2D eigenvalue weighted by Crippen LogP contribution is 2.33. The minimum absolute atomic E-state index is 0.0287. The Bertz CT molecular complexity index is 978. The van der Waals surface area contributed by atoms with E-state index in [1.165, 1.54) is 11.7 Å². The van der Waals surface area contributed by atoms with Crippen molar-refractivity contribution in [3.63, 3.8) is 0 Å². The Kier molecular flexibility index (Phi) is 3.95. The van der Waals surface area contributed by atoms with E-state index in [2.05, 4.69) is 0 Å². The monoisotopic (exact) mass is 324 g/mol. The van der Waals surface area contributed by atoms with Crippen molar-refractivity contribution in [3.8, 4) is 11.5 Å². The molecule has 2 N–H and O–H groups in total.